The van der Waals surface area contributed by atoms with Gasteiger partial charge in [0.1, 0.15) is 11.5 Å². The molecular formula is C35H36F3NO2. The third-order valence-corrected chi connectivity index (χ3v) is 6.82. The van der Waals surface area contributed by atoms with Gasteiger partial charge in [-0.15, -0.1) is 13.2 Å². The quantitative estimate of drug-likeness (QED) is 0.171. The van der Waals surface area contributed by atoms with Crippen molar-refractivity contribution >= 4 is 5.69 Å². The SMILES string of the molecule is C=CN(CCCCc1ccccc1)c1ccc(-c2ccc(OC(F)(F)F)cc2)cc1Oc1ccc(C(C)(C)C)cc1. The third kappa shape index (κ3) is 8.65. The topological polar surface area (TPSA) is 21.7 Å². The van der Waals surface area contributed by atoms with Crippen molar-refractivity contribution in [2.24, 2.45) is 0 Å². The Morgan fingerprint density at radius 3 is 2.00 bits per heavy atom. The number of benzene rings is 4. The summed E-state index contributed by atoms with van der Waals surface area (Å²) in [6.07, 6.45) is 0.0624. The maximum atomic E-state index is 12.6. The first-order valence-corrected chi connectivity index (χ1v) is 13.7. The van der Waals surface area contributed by atoms with Gasteiger partial charge < -0.3 is 14.4 Å². The van der Waals surface area contributed by atoms with Gasteiger partial charge in [-0.25, -0.2) is 0 Å². The number of unbranched alkanes of at least 4 members (excludes halogenated alkanes) is 1. The summed E-state index contributed by atoms with van der Waals surface area (Å²) < 4.78 is 48.3. The van der Waals surface area contributed by atoms with Crippen molar-refractivity contribution in [3.63, 3.8) is 0 Å². The van der Waals surface area contributed by atoms with E-state index in [9.17, 15) is 13.2 Å². The number of nitrogens with zero attached hydrogens (tertiary/aromatic N) is 1. The maximum absolute atomic E-state index is 12.6. The van der Waals surface area contributed by atoms with Crippen LogP contribution in [0.1, 0.15) is 44.7 Å². The van der Waals surface area contributed by atoms with Crippen molar-refractivity contribution in [2.75, 3.05) is 11.4 Å². The first-order chi connectivity index (χ1) is 19.5. The Kier molecular flexibility index (Phi) is 9.43. The lowest BCUT2D eigenvalue weighted by Gasteiger charge is -2.24. The van der Waals surface area contributed by atoms with E-state index >= 15 is 0 Å². The highest BCUT2D eigenvalue weighted by molar-refractivity contribution is 5.73. The van der Waals surface area contributed by atoms with E-state index < -0.39 is 6.36 Å². The zero-order chi connectivity index (χ0) is 29.5. The molecule has 0 unspecified atom stereocenters. The fourth-order valence-electron chi connectivity index (χ4n) is 4.58. The van der Waals surface area contributed by atoms with Gasteiger partial charge in [0.2, 0.25) is 0 Å². The van der Waals surface area contributed by atoms with Gasteiger partial charge >= 0.3 is 6.36 Å². The first kappa shape index (κ1) is 29.8. The van der Waals surface area contributed by atoms with Gasteiger partial charge in [-0.1, -0.05) is 88.0 Å². The molecule has 41 heavy (non-hydrogen) atoms. The predicted octanol–water partition coefficient (Wildman–Crippen LogP) is 10.3. The van der Waals surface area contributed by atoms with Crippen LogP contribution in [0.5, 0.6) is 17.2 Å². The van der Waals surface area contributed by atoms with Gasteiger partial charge in [-0.2, -0.15) is 0 Å². The van der Waals surface area contributed by atoms with Gasteiger partial charge in [0.15, 0.2) is 5.75 Å². The van der Waals surface area contributed by atoms with Crippen molar-refractivity contribution in [2.45, 2.75) is 51.8 Å². The molecule has 4 aromatic carbocycles. The second-order valence-corrected chi connectivity index (χ2v) is 10.9. The average Bonchev–Trinajstić information content (AvgIpc) is 2.93. The zero-order valence-electron chi connectivity index (χ0n) is 23.7. The second-order valence-electron chi connectivity index (χ2n) is 10.9. The normalized spacial score (nSPS) is 11.7. The second kappa shape index (κ2) is 13.0. The van der Waals surface area contributed by atoms with Crippen molar-refractivity contribution in [1.29, 1.82) is 0 Å². The molecule has 0 fully saturated rings. The first-order valence-electron chi connectivity index (χ1n) is 13.7. The minimum atomic E-state index is -4.73. The van der Waals surface area contributed by atoms with E-state index in [1.165, 1.54) is 23.3 Å². The summed E-state index contributed by atoms with van der Waals surface area (Å²) in [5, 5.41) is 0. The molecule has 0 N–H and O–H groups in total. The number of hydrogen-bond acceptors (Lipinski definition) is 3. The molecule has 0 aliphatic carbocycles. The van der Waals surface area contributed by atoms with Crippen molar-refractivity contribution < 1.29 is 22.6 Å². The Bertz CT molecular complexity index is 1410. The standard InChI is InChI=1S/C35H36F3NO2/c1-5-39(24-10-9-13-26-11-7-6-8-12-26)32-23-16-28(27-14-19-31(20-15-27)41-35(36,37)38)25-33(32)40-30-21-17-29(18-22-30)34(2,3)4/h5-8,11-12,14-23,25H,1,9-10,13,24H2,2-4H3. The van der Waals surface area contributed by atoms with E-state index in [0.29, 0.717) is 11.5 Å². The number of halogens is 3. The highest BCUT2D eigenvalue weighted by Crippen LogP contribution is 2.38. The lowest BCUT2D eigenvalue weighted by Crippen LogP contribution is -2.18. The highest BCUT2D eigenvalue weighted by Gasteiger charge is 2.31. The van der Waals surface area contributed by atoms with Crippen molar-refractivity contribution in [3.05, 3.63) is 121 Å². The molecule has 0 aliphatic rings. The largest absolute Gasteiger partial charge is 0.573 e. The molecule has 0 aliphatic heterocycles. The highest BCUT2D eigenvalue weighted by atomic mass is 19.4. The van der Waals surface area contributed by atoms with Crippen LogP contribution in [0.2, 0.25) is 0 Å². The molecule has 0 saturated carbocycles. The van der Waals surface area contributed by atoms with Crippen LogP contribution in [0.15, 0.2) is 110 Å². The van der Waals surface area contributed by atoms with Crippen LogP contribution in [0.3, 0.4) is 0 Å². The number of anilines is 1. The lowest BCUT2D eigenvalue weighted by atomic mass is 9.87. The van der Waals surface area contributed by atoms with E-state index in [1.54, 1.807) is 18.3 Å². The summed E-state index contributed by atoms with van der Waals surface area (Å²) in [5.41, 5.74) is 4.95. The van der Waals surface area contributed by atoms with Crippen LogP contribution < -0.4 is 14.4 Å². The van der Waals surface area contributed by atoms with Crippen LogP contribution >= 0.6 is 0 Å². The summed E-state index contributed by atoms with van der Waals surface area (Å²) in [6.45, 7) is 11.3. The maximum Gasteiger partial charge on any atom is 0.573 e. The molecule has 3 nitrogen and oxygen atoms in total. The van der Waals surface area contributed by atoms with Crippen molar-refractivity contribution in [1.82, 2.24) is 0 Å². The van der Waals surface area contributed by atoms with Gasteiger partial charge in [-0.05, 0) is 89.5 Å². The lowest BCUT2D eigenvalue weighted by molar-refractivity contribution is -0.274. The fourth-order valence-corrected chi connectivity index (χ4v) is 4.58. The van der Waals surface area contributed by atoms with Crippen LogP contribution in [-0.4, -0.2) is 12.9 Å². The molecule has 0 heterocycles. The number of rotatable bonds is 11. The monoisotopic (exact) mass is 559 g/mol. The smallest absolute Gasteiger partial charge is 0.455 e. The van der Waals surface area contributed by atoms with Gasteiger partial charge in [0.25, 0.3) is 0 Å². The minimum absolute atomic E-state index is 0.0188. The Balaban J connectivity index is 1.58. The molecule has 0 atom stereocenters. The van der Waals surface area contributed by atoms with Crippen LogP contribution in [0.25, 0.3) is 11.1 Å². The van der Waals surface area contributed by atoms with Gasteiger partial charge in [-0.3, -0.25) is 0 Å². The Hall–Kier alpha value is -4.19. The number of alkyl halides is 3. The Labute approximate surface area is 240 Å². The van der Waals surface area contributed by atoms with Gasteiger partial charge in [0.05, 0.1) is 5.69 Å². The molecule has 6 heteroatoms. The van der Waals surface area contributed by atoms with E-state index in [2.05, 4.69) is 73.4 Å². The fraction of sp³-hybridized carbons (Fsp3) is 0.257. The summed E-state index contributed by atoms with van der Waals surface area (Å²) in [7, 11) is 0. The Morgan fingerprint density at radius 1 is 0.756 bits per heavy atom. The minimum Gasteiger partial charge on any atom is -0.455 e. The van der Waals surface area contributed by atoms with Crippen molar-refractivity contribution in [3.8, 4) is 28.4 Å². The van der Waals surface area contributed by atoms with Crippen LogP contribution in [0, 0.1) is 0 Å². The molecule has 0 amide bonds. The summed E-state index contributed by atoms with van der Waals surface area (Å²) in [4.78, 5) is 2.08. The summed E-state index contributed by atoms with van der Waals surface area (Å²) in [5.74, 6) is 1.06. The van der Waals surface area contributed by atoms with E-state index in [-0.39, 0.29) is 11.2 Å². The van der Waals surface area contributed by atoms with E-state index in [1.807, 2.05) is 36.4 Å². The average molecular weight is 560 g/mol. The van der Waals surface area contributed by atoms with Gasteiger partial charge in [0, 0.05) is 6.54 Å². The molecule has 0 bridgehead atoms. The van der Waals surface area contributed by atoms with Crippen LogP contribution in [0.4, 0.5) is 18.9 Å². The molecule has 4 rings (SSSR count). The van der Waals surface area contributed by atoms with Crippen LogP contribution in [-0.2, 0) is 11.8 Å². The Morgan fingerprint density at radius 2 is 1.39 bits per heavy atom. The molecule has 4 aromatic rings. The molecule has 0 saturated heterocycles. The van der Waals surface area contributed by atoms with E-state index in [0.717, 1.165) is 42.6 Å². The molecular weight excluding hydrogens is 523 g/mol. The molecule has 0 spiro atoms. The summed E-state index contributed by atoms with van der Waals surface area (Å²) in [6, 6.07) is 30.1. The molecule has 0 aromatic heterocycles. The third-order valence-electron chi connectivity index (χ3n) is 6.82. The molecule has 214 valence electrons. The number of aryl methyl sites for hydroxylation is 1. The predicted molar refractivity (Wildman–Crippen MR) is 161 cm³/mol. The summed E-state index contributed by atoms with van der Waals surface area (Å²) >= 11 is 0. The van der Waals surface area contributed by atoms with E-state index in [4.69, 9.17) is 4.74 Å². The number of ether oxygens (including phenoxy) is 2. The zero-order valence-corrected chi connectivity index (χ0v) is 23.7. The molecule has 0 radical (unpaired) electrons. The number of hydrogen-bond donors (Lipinski definition) is 0.